The van der Waals surface area contributed by atoms with Gasteiger partial charge in [-0.25, -0.2) is 4.98 Å². The van der Waals surface area contributed by atoms with Crippen LogP contribution >= 0.6 is 11.3 Å². The van der Waals surface area contributed by atoms with E-state index in [2.05, 4.69) is 10.3 Å². The van der Waals surface area contributed by atoms with Gasteiger partial charge in [0.15, 0.2) is 0 Å². The second kappa shape index (κ2) is 7.11. The molecule has 126 valence electrons. The number of amides is 2. The molecular formula is C17H20N4O2S. The molecule has 3 rings (SSSR count). The van der Waals surface area contributed by atoms with Crippen LogP contribution in [0.15, 0.2) is 35.7 Å². The van der Waals surface area contributed by atoms with Gasteiger partial charge in [-0.15, -0.1) is 11.3 Å². The number of carbonyl (C=O) groups is 2. The first-order chi connectivity index (χ1) is 11.6. The van der Waals surface area contributed by atoms with E-state index in [1.165, 1.54) is 11.3 Å². The van der Waals surface area contributed by atoms with Crippen LogP contribution in [0.1, 0.15) is 28.8 Å². The molecule has 1 aliphatic heterocycles. The summed E-state index contributed by atoms with van der Waals surface area (Å²) in [5.74, 6) is -0.394. The van der Waals surface area contributed by atoms with Crippen LogP contribution < -0.4 is 16.0 Å². The maximum atomic E-state index is 12.7. The first-order valence-electron chi connectivity index (χ1n) is 7.93. The van der Waals surface area contributed by atoms with Gasteiger partial charge in [-0.3, -0.25) is 9.59 Å². The first kappa shape index (κ1) is 16.6. The van der Waals surface area contributed by atoms with Crippen LogP contribution in [0.5, 0.6) is 0 Å². The summed E-state index contributed by atoms with van der Waals surface area (Å²) in [6.07, 6.45) is 1.23. The summed E-state index contributed by atoms with van der Waals surface area (Å²) in [6.45, 7) is 2.48. The lowest BCUT2D eigenvalue weighted by atomic mass is 10.2. The molecule has 24 heavy (non-hydrogen) atoms. The minimum Gasteiger partial charge on any atom is -0.339 e. The second-order valence-corrected chi connectivity index (χ2v) is 6.76. The number of hydrogen-bond donors (Lipinski definition) is 2. The summed E-state index contributed by atoms with van der Waals surface area (Å²) in [5.41, 5.74) is 6.70. The molecule has 2 heterocycles. The Morgan fingerprint density at radius 2 is 2.17 bits per heavy atom. The molecule has 1 aromatic heterocycles. The van der Waals surface area contributed by atoms with Crippen molar-refractivity contribution in [3.05, 3.63) is 46.4 Å². The maximum Gasteiger partial charge on any atom is 0.271 e. The van der Waals surface area contributed by atoms with Gasteiger partial charge in [0, 0.05) is 23.5 Å². The van der Waals surface area contributed by atoms with E-state index in [1.807, 2.05) is 37.3 Å². The minimum absolute atomic E-state index is 0.0356. The van der Waals surface area contributed by atoms with E-state index in [1.54, 1.807) is 10.3 Å². The largest absolute Gasteiger partial charge is 0.339 e. The van der Waals surface area contributed by atoms with E-state index in [0.29, 0.717) is 25.1 Å². The summed E-state index contributed by atoms with van der Waals surface area (Å²) in [4.78, 5) is 31.0. The molecule has 0 radical (unpaired) electrons. The molecule has 1 fully saturated rings. The molecule has 0 bridgehead atoms. The van der Waals surface area contributed by atoms with E-state index >= 15 is 0 Å². The molecule has 2 atom stereocenters. The maximum absolute atomic E-state index is 12.7. The van der Waals surface area contributed by atoms with Crippen LogP contribution in [0.25, 0.3) is 0 Å². The fraction of sp³-hybridized carbons (Fsp3) is 0.353. The molecule has 1 saturated heterocycles. The van der Waals surface area contributed by atoms with Crippen LogP contribution in [0.4, 0.5) is 5.69 Å². The van der Waals surface area contributed by atoms with Crippen molar-refractivity contribution in [2.24, 2.45) is 5.73 Å². The second-order valence-electron chi connectivity index (χ2n) is 5.82. The molecular weight excluding hydrogens is 324 g/mol. The number of thiazole rings is 1. The van der Waals surface area contributed by atoms with Crippen LogP contribution in [-0.2, 0) is 11.2 Å². The van der Waals surface area contributed by atoms with Crippen molar-refractivity contribution in [3.63, 3.8) is 0 Å². The highest BCUT2D eigenvalue weighted by atomic mass is 32.1. The quantitative estimate of drug-likeness (QED) is 0.862. The monoisotopic (exact) mass is 344 g/mol. The lowest BCUT2D eigenvalue weighted by Crippen LogP contribution is -2.42. The molecule has 0 spiro atoms. The van der Waals surface area contributed by atoms with Gasteiger partial charge >= 0.3 is 0 Å². The molecule has 1 aliphatic rings. The van der Waals surface area contributed by atoms with Crippen molar-refractivity contribution in [1.82, 2.24) is 10.3 Å². The molecule has 2 aromatic rings. The van der Waals surface area contributed by atoms with Crippen molar-refractivity contribution < 1.29 is 9.59 Å². The fourth-order valence-corrected chi connectivity index (χ4v) is 3.70. The lowest BCUT2D eigenvalue weighted by molar-refractivity contribution is -0.118. The van der Waals surface area contributed by atoms with Crippen LogP contribution in [0.2, 0.25) is 0 Å². The average Bonchev–Trinajstić information content (AvgIpc) is 3.14. The number of anilines is 1. The number of rotatable bonds is 5. The number of nitrogens with zero attached hydrogens (tertiary/aromatic N) is 2. The molecule has 0 saturated carbocycles. The van der Waals surface area contributed by atoms with Crippen molar-refractivity contribution >= 4 is 28.8 Å². The Labute approximate surface area is 144 Å². The summed E-state index contributed by atoms with van der Waals surface area (Å²) < 4.78 is 0. The van der Waals surface area contributed by atoms with E-state index in [4.69, 9.17) is 5.73 Å². The van der Waals surface area contributed by atoms with Crippen LogP contribution in [-0.4, -0.2) is 35.4 Å². The van der Waals surface area contributed by atoms with Crippen LogP contribution in [0.3, 0.4) is 0 Å². The molecule has 1 aromatic carbocycles. The summed E-state index contributed by atoms with van der Waals surface area (Å²) in [7, 11) is 0. The van der Waals surface area contributed by atoms with Crippen LogP contribution in [0, 0.1) is 0 Å². The number of benzene rings is 1. The highest BCUT2D eigenvalue weighted by Crippen LogP contribution is 2.26. The van der Waals surface area contributed by atoms with Gasteiger partial charge in [-0.1, -0.05) is 18.2 Å². The number of para-hydroxylation sites is 1. The molecule has 3 N–H and O–H groups in total. The van der Waals surface area contributed by atoms with Gasteiger partial charge in [0.2, 0.25) is 5.91 Å². The van der Waals surface area contributed by atoms with E-state index in [-0.39, 0.29) is 17.9 Å². The zero-order valence-electron chi connectivity index (χ0n) is 13.4. The smallest absolute Gasteiger partial charge is 0.271 e. The number of hydrogen-bond acceptors (Lipinski definition) is 5. The molecule has 0 aliphatic carbocycles. The zero-order chi connectivity index (χ0) is 17.1. The Morgan fingerprint density at radius 3 is 2.88 bits per heavy atom. The summed E-state index contributed by atoms with van der Waals surface area (Å²) in [6, 6.07) is 9.02. The van der Waals surface area contributed by atoms with Gasteiger partial charge < -0.3 is 16.0 Å². The molecule has 2 amide bonds. The lowest BCUT2D eigenvalue weighted by Gasteiger charge is -2.21. The number of nitrogens with two attached hydrogens (primary N) is 1. The third-order valence-corrected chi connectivity index (χ3v) is 4.94. The predicted molar refractivity (Wildman–Crippen MR) is 94.1 cm³/mol. The third-order valence-electron chi connectivity index (χ3n) is 4.04. The Balaban J connectivity index is 1.69. The molecule has 2 unspecified atom stereocenters. The Morgan fingerprint density at radius 1 is 1.42 bits per heavy atom. The number of nitrogens with one attached hydrogen (secondary N) is 1. The molecule has 6 nitrogen and oxygen atoms in total. The topological polar surface area (TPSA) is 88.3 Å². The summed E-state index contributed by atoms with van der Waals surface area (Å²) in [5, 5.41) is 5.35. The molecule has 7 heteroatoms. The predicted octanol–water partition coefficient (Wildman–Crippen LogP) is 1.57. The van der Waals surface area contributed by atoms with Crippen molar-refractivity contribution in [1.29, 1.82) is 0 Å². The third kappa shape index (κ3) is 3.32. The number of carbonyl (C=O) groups excluding carboxylic acids is 2. The van der Waals surface area contributed by atoms with Gasteiger partial charge in [-0.05, 0) is 32.0 Å². The minimum atomic E-state index is -0.521. The van der Waals surface area contributed by atoms with Crippen molar-refractivity contribution in [2.45, 2.75) is 31.8 Å². The highest BCUT2D eigenvalue weighted by Gasteiger charge is 2.39. The van der Waals surface area contributed by atoms with Gasteiger partial charge in [-0.2, -0.15) is 0 Å². The summed E-state index contributed by atoms with van der Waals surface area (Å²) >= 11 is 1.41. The highest BCUT2D eigenvalue weighted by molar-refractivity contribution is 7.09. The van der Waals surface area contributed by atoms with Gasteiger partial charge in [0.05, 0.1) is 5.01 Å². The first-order valence-corrected chi connectivity index (χ1v) is 8.81. The van der Waals surface area contributed by atoms with Crippen molar-refractivity contribution in [3.8, 4) is 0 Å². The zero-order valence-corrected chi connectivity index (χ0v) is 14.3. The Hall–Kier alpha value is -2.25. The normalized spacial score (nSPS) is 20.4. The standard InChI is InChI=1S/C17H20N4O2S/c1-11-9-13(17(23)21(11)12-5-3-2-4-6-12)20-16(22)14-10-24-15(19-14)7-8-18/h2-6,10-11,13H,7-9,18H2,1H3,(H,20,22). The van der Waals surface area contributed by atoms with Gasteiger partial charge in [0.25, 0.3) is 5.91 Å². The fourth-order valence-electron chi connectivity index (χ4n) is 2.91. The van der Waals surface area contributed by atoms with E-state index in [9.17, 15) is 9.59 Å². The van der Waals surface area contributed by atoms with E-state index < -0.39 is 6.04 Å². The Kier molecular flexibility index (Phi) is 4.92. The Bertz CT molecular complexity index is 731. The number of aromatic nitrogens is 1. The SMILES string of the molecule is CC1CC(NC(=O)c2csc(CCN)n2)C(=O)N1c1ccccc1. The average molecular weight is 344 g/mol. The van der Waals surface area contributed by atoms with E-state index in [0.717, 1.165) is 10.7 Å². The van der Waals surface area contributed by atoms with Gasteiger partial charge in [0.1, 0.15) is 11.7 Å². The van der Waals surface area contributed by atoms with Crippen molar-refractivity contribution in [2.75, 3.05) is 11.4 Å².